The summed E-state index contributed by atoms with van der Waals surface area (Å²) in [6, 6.07) is 0. The van der Waals surface area contributed by atoms with Crippen LogP contribution in [0.2, 0.25) is 0 Å². The van der Waals surface area contributed by atoms with Crippen molar-refractivity contribution in [2.24, 2.45) is 5.84 Å². The van der Waals surface area contributed by atoms with E-state index in [9.17, 15) is 18.0 Å². The summed E-state index contributed by atoms with van der Waals surface area (Å²) in [5.41, 5.74) is -1.37. The average Bonchev–Trinajstić information content (AvgIpc) is 2.06. The van der Waals surface area contributed by atoms with Crippen molar-refractivity contribution in [3.8, 4) is 0 Å². The minimum absolute atomic E-state index is 0.0847. The Hall–Kier alpha value is -1.28. The number of amides is 1. The molecule has 0 saturated heterocycles. The highest BCUT2D eigenvalue weighted by molar-refractivity contribution is 5.89. The van der Waals surface area contributed by atoms with Crippen LogP contribution >= 0.6 is 0 Å². The van der Waals surface area contributed by atoms with Gasteiger partial charge in [0.05, 0.1) is 0 Å². The van der Waals surface area contributed by atoms with Crippen molar-refractivity contribution in [2.75, 3.05) is 7.05 Å². The SMILES string of the molecule is CN1C(=O)C=C(C(F)(F)F)N(N)C1O. The highest BCUT2D eigenvalue weighted by atomic mass is 19.4. The lowest BCUT2D eigenvalue weighted by Crippen LogP contribution is -2.57. The summed E-state index contributed by atoms with van der Waals surface area (Å²) in [4.78, 5) is 11.6. The Morgan fingerprint density at radius 3 is 2.50 bits per heavy atom. The molecule has 1 aliphatic rings. The molecule has 0 aromatic heterocycles. The molecule has 1 unspecified atom stereocenters. The summed E-state index contributed by atoms with van der Waals surface area (Å²) < 4.78 is 36.6. The number of aliphatic hydroxyl groups is 1. The van der Waals surface area contributed by atoms with E-state index in [0.717, 1.165) is 7.05 Å². The molecule has 0 aromatic carbocycles. The third-order valence-electron chi connectivity index (χ3n) is 1.77. The van der Waals surface area contributed by atoms with E-state index in [1.165, 1.54) is 0 Å². The Morgan fingerprint density at radius 1 is 1.57 bits per heavy atom. The maximum Gasteiger partial charge on any atom is 0.432 e. The molecule has 1 rings (SSSR count). The van der Waals surface area contributed by atoms with E-state index in [1.54, 1.807) is 0 Å². The molecular weight excluding hydrogens is 203 g/mol. The Balaban J connectivity index is 3.08. The number of allylic oxidation sites excluding steroid dienone is 1. The number of halogens is 3. The van der Waals surface area contributed by atoms with Crippen molar-refractivity contribution in [1.29, 1.82) is 0 Å². The maximum atomic E-state index is 12.2. The quantitative estimate of drug-likeness (QED) is 0.523. The normalized spacial score (nSPS) is 24.0. The van der Waals surface area contributed by atoms with Crippen molar-refractivity contribution < 1.29 is 23.1 Å². The molecule has 5 nitrogen and oxygen atoms in total. The number of hydrogen-bond donors (Lipinski definition) is 2. The van der Waals surface area contributed by atoms with Crippen molar-refractivity contribution >= 4 is 5.91 Å². The number of hydrogen-bond acceptors (Lipinski definition) is 4. The summed E-state index contributed by atoms with van der Waals surface area (Å²) in [6.07, 6.45) is -6.23. The highest BCUT2D eigenvalue weighted by Gasteiger charge is 2.43. The van der Waals surface area contributed by atoms with Gasteiger partial charge in [-0.15, -0.1) is 0 Å². The van der Waals surface area contributed by atoms with Crippen LogP contribution in [-0.4, -0.2) is 40.5 Å². The molecule has 0 bridgehead atoms. The van der Waals surface area contributed by atoms with Gasteiger partial charge in [0.2, 0.25) is 6.35 Å². The number of nitrogens with zero attached hydrogens (tertiary/aromatic N) is 2. The second-order valence-corrected chi connectivity index (χ2v) is 2.73. The molecular formula is C6H8F3N3O2. The van der Waals surface area contributed by atoms with Crippen LogP contribution in [0.15, 0.2) is 11.8 Å². The summed E-state index contributed by atoms with van der Waals surface area (Å²) in [5, 5.41) is 9.20. The largest absolute Gasteiger partial charge is 0.432 e. The van der Waals surface area contributed by atoms with Crippen LogP contribution in [0, 0.1) is 0 Å². The first kappa shape index (κ1) is 10.8. The topological polar surface area (TPSA) is 69.8 Å². The molecule has 0 spiro atoms. The van der Waals surface area contributed by atoms with Crippen LogP contribution < -0.4 is 5.84 Å². The Labute approximate surface area is 77.2 Å². The monoisotopic (exact) mass is 211 g/mol. The lowest BCUT2D eigenvalue weighted by atomic mass is 10.3. The lowest BCUT2D eigenvalue weighted by molar-refractivity contribution is -0.174. The molecule has 0 saturated carbocycles. The van der Waals surface area contributed by atoms with Gasteiger partial charge in [-0.25, -0.2) is 5.84 Å². The molecule has 1 heterocycles. The van der Waals surface area contributed by atoms with E-state index < -0.39 is 24.1 Å². The zero-order valence-electron chi connectivity index (χ0n) is 7.12. The fourth-order valence-electron chi connectivity index (χ4n) is 0.946. The van der Waals surface area contributed by atoms with Gasteiger partial charge in [0.15, 0.2) is 0 Å². The molecule has 1 amide bonds. The Morgan fingerprint density at radius 2 is 2.07 bits per heavy atom. The summed E-state index contributed by atoms with van der Waals surface area (Å²) in [7, 11) is 1.14. The third kappa shape index (κ3) is 1.66. The number of nitrogens with two attached hydrogens (primary N) is 1. The van der Waals surface area contributed by atoms with Gasteiger partial charge in [-0.05, 0) is 0 Å². The van der Waals surface area contributed by atoms with Gasteiger partial charge in [0.25, 0.3) is 5.91 Å². The molecule has 1 aliphatic heterocycles. The fourth-order valence-corrected chi connectivity index (χ4v) is 0.946. The van der Waals surface area contributed by atoms with Gasteiger partial charge in [0, 0.05) is 13.1 Å². The van der Waals surface area contributed by atoms with Gasteiger partial charge >= 0.3 is 6.18 Å². The molecule has 0 aromatic rings. The van der Waals surface area contributed by atoms with Crippen LogP contribution in [0.5, 0.6) is 0 Å². The maximum absolute atomic E-state index is 12.2. The zero-order valence-corrected chi connectivity index (χ0v) is 7.12. The summed E-state index contributed by atoms with van der Waals surface area (Å²) >= 11 is 0. The first-order valence-electron chi connectivity index (χ1n) is 3.53. The molecule has 0 aliphatic carbocycles. The van der Waals surface area contributed by atoms with Gasteiger partial charge in [-0.1, -0.05) is 0 Å². The van der Waals surface area contributed by atoms with Gasteiger partial charge < -0.3 is 5.11 Å². The number of rotatable bonds is 0. The van der Waals surface area contributed by atoms with Crippen LogP contribution in [0.4, 0.5) is 13.2 Å². The standard InChI is InChI=1S/C6H8F3N3O2/c1-11-4(13)2-3(6(7,8)9)12(10)5(11)14/h2,5,14H,10H2,1H3. The van der Waals surface area contributed by atoms with Gasteiger partial charge in [0.1, 0.15) is 5.70 Å². The Kier molecular flexibility index (Phi) is 2.42. The predicted octanol–water partition coefficient (Wildman–Crippen LogP) is -0.644. The van der Waals surface area contributed by atoms with Crippen LogP contribution in [0.25, 0.3) is 0 Å². The smallest absolute Gasteiger partial charge is 0.355 e. The number of alkyl halides is 3. The summed E-state index contributed by atoms with van der Waals surface area (Å²) in [5.74, 6) is 4.01. The van der Waals surface area contributed by atoms with Crippen LogP contribution in [-0.2, 0) is 4.79 Å². The van der Waals surface area contributed by atoms with Crippen molar-refractivity contribution in [2.45, 2.75) is 12.5 Å². The van der Waals surface area contributed by atoms with Crippen LogP contribution in [0.1, 0.15) is 0 Å². The van der Waals surface area contributed by atoms with E-state index in [-0.39, 0.29) is 5.01 Å². The molecule has 0 fully saturated rings. The van der Waals surface area contributed by atoms with E-state index >= 15 is 0 Å². The van der Waals surface area contributed by atoms with Gasteiger partial charge in [-0.2, -0.15) is 13.2 Å². The second-order valence-electron chi connectivity index (χ2n) is 2.73. The van der Waals surface area contributed by atoms with Crippen LogP contribution in [0.3, 0.4) is 0 Å². The summed E-state index contributed by atoms with van der Waals surface area (Å²) in [6.45, 7) is 0. The number of aliphatic hydroxyl groups excluding tert-OH is 1. The number of likely N-dealkylation sites (N-methyl/N-ethyl adjacent to an activating group) is 1. The molecule has 0 radical (unpaired) electrons. The zero-order chi connectivity index (χ0) is 11.1. The molecule has 1 atom stereocenters. The molecule has 14 heavy (non-hydrogen) atoms. The van der Waals surface area contributed by atoms with E-state index in [2.05, 4.69) is 0 Å². The molecule has 80 valence electrons. The van der Waals surface area contributed by atoms with Crippen molar-refractivity contribution in [3.63, 3.8) is 0 Å². The first-order valence-corrected chi connectivity index (χ1v) is 3.53. The second kappa shape index (κ2) is 3.14. The minimum atomic E-state index is -4.76. The highest BCUT2D eigenvalue weighted by Crippen LogP contribution is 2.30. The first-order chi connectivity index (χ1) is 6.25. The molecule has 3 N–H and O–H groups in total. The minimum Gasteiger partial charge on any atom is -0.355 e. The number of hydrazine groups is 1. The lowest BCUT2D eigenvalue weighted by Gasteiger charge is -2.36. The average molecular weight is 211 g/mol. The van der Waals surface area contributed by atoms with E-state index in [4.69, 9.17) is 10.9 Å². The van der Waals surface area contributed by atoms with E-state index in [1.807, 2.05) is 0 Å². The Bertz CT molecular complexity index is 289. The number of carbonyl (C=O) groups is 1. The third-order valence-corrected chi connectivity index (χ3v) is 1.77. The fraction of sp³-hybridized carbons (Fsp3) is 0.500. The van der Waals surface area contributed by atoms with Crippen molar-refractivity contribution in [3.05, 3.63) is 11.8 Å². The van der Waals surface area contributed by atoms with Gasteiger partial charge in [-0.3, -0.25) is 14.7 Å². The molecule has 8 heteroatoms. The van der Waals surface area contributed by atoms with Crippen molar-refractivity contribution in [1.82, 2.24) is 9.91 Å². The van der Waals surface area contributed by atoms with E-state index in [0.29, 0.717) is 11.0 Å². The predicted molar refractivity (Wildman–Crippen MR) is 38.9 cm³/mol. The number of carbonyl (C=O) groups excluding carboxylic acids is 1.